The van der Waals surface area contributed by atoms with Gasteiger partial charge in [0.15, 0.2) is 5.22 Å². The molecule has 1 aromatic heterocycles. The molecule has 3 nitrogen and oxygen atoms in total. The van der Waals surface area contributed by atoms with E-state index in [-0.39, 0.29) is 16.8 Å². The maximum atomic E-state index is 13.0. The van der Waals surface area contributed by atoms with Crippen LogP contribution in [-0.4, -0.2) is 11.7 Å². The highest BCUT2D eigenvalue weighted by Crippen LogP contribution is 2.35. The summed E-state index contributed by atoms with van der Waals surface area (Å²) in [6.07, 6.45) is -1.000. The lowest BCUT2D eigenvalue weighted by atomic mass is 9.92. The first kappa shape index (κ1) is 14.3. The van der Waals surface area contributed by atoms with Crippen LogP contribution >= 0.6 is 23.2 Å². The SMILES string of the molecule is NCC(c1ccc(F)cc1Cl)C(O)c1ccc(Cl)o1. The molecule has 2 rings (SSSR count). The van der Waals surface area contributed by atoms with Crippen LogP contribution in [0.25, 0.3) is 0 Å². The Labute approximate surface area is 119 Å². The molecular formula is C13H12Cl2FNO2. The number of halogens is 3. The molecule has 19 heavy (non-hydrogen) atoms. The minimum atomic E-state index is -1.000. The van der Waals surface area contributed by atoms with E-state index in [0.717, 1.165) is 0 Å². The van der Waals surface area contributed by atoms with Crippen LogP contribution in [0.5, 0.6) is 0 Å². The normalized spacial score (nSPS) is 14.4. The maximum Gasteiger partial charge on any atom is 0.193 e. The topological polar surface area (TPSA) is 59.4 Å². The number of hydrogen-bond donors (Lipinski definition) is 2. The smallest absolute Gasteiger partial charge is 0.193 e. The van der Waals surface area contributed by atoms with Crippen molar-refractivity contribution in [2.75, 3.05) is 6.54 Å². The standard InChI is InChI=1S/C13H12Cl2FNO2/c14-10-5-7(16)1-2-8(10)9(6-17)13(18)11-3-4-12(15)19-11/h1-5,9,13,18H,6,17H2. The van der Waals surface area contributed by atoms with Crippen molar-refractivity contribution in [2.45, 2.75) is 12.0 Å². The Bertz CT molecular complexity index is 574. The van der Waals surface area contributed by atoms with E-state index in [2.05, 4.69) is 0 Å². The number of hydrogen-bond acceptors (Lipinski definition) is 3. The van der Waals surface area contributed by atoms with Gasteiger partial charge in [0.05, 0.1) is 0 Å². The van der Waals surface area contributed by atoms with E-state index >= 15 is 0 Å². The van der Waals surface area contributed by atoms with Gasteiger partial charge in [0.1, 0.15) is 17.7 Å². The summed E-state index contributed by atoms with van der Waals surface area (Å²) in [7, 11) is 0. The Hall–Kier alpha value is -1.07. The summed E-state index contributed by atoms with van der Waals surface area (Å²) < 4.78 is 18.2. The lowest BCUT2D eigenvalue weighted by Crippen LogP contribution is -2.20. The summed E-state index contributed by atoms with van der Waals surface area (Å²) >= 11 is 11.6. The lowest BCUT2D eigenvalue weighted by molar-refractivity contribution is 0.122. The Kier molecular flexibility index (Phi) is 4.47. The van der Waals surface area contributed by atoms with Crippen LogP contribution in [0.1, 0.15) is 23.3 Å². The molecule has 1 heterocycles. The first-order chi connectivity index (χ1) is 9.02. The van der Waals surface area contributed by atoms with Crippen molar-refractivity contribution in [2.24, 2.45) is 5.73 Å². The van der Waals surface area contributed by atoms with E-state index in [1.54, 1.807) is 6.07 Å². The number of nitrogens with two attached hydrogens (primary N) is 1. The van der Waals surface area contributed by atoms with E-state index in [9.17, 15) is 9.50 Å². The third kappa shape index (κ3) is 3.09. The summed E-state index contributed by atoms with van der Waals surface area (Å²) in [4.78, 5) is 0. The van der Waals surface area contributed by atoms with E-state index in [1.165, 1.54) is 24.3 Å². The van der Waals surface area contributed by atoms with E-state index in [4.69, 9.17) is 33.4 Å². The Balaban J connectivity index is 2.33. The molecule has 0 saturated carbocycles. The average molecular weight is 304 g/mol. The average Bonchev–Trinajstić information content (AvgIpc) is 2.79. The van der Waals surface area contributed by atoms with Crippen LogP contribution in [0.4, 0.5) is 4.39 Å². The highest BCUT2D eigenvalue weighted by molar-refractivity contribution is 6.31. The van der Waals surface area contributed by atoms with Gasteiger partial charge in [-0.05, 0) is 41.4 Å². The van der Waals surface area contributed by atoms with Crippen LogP contribution in [0.15, 0.2) is 34.7 Å². The molecule has 3 N–H and O–H groups in total. The molecule has 6 heteroatoms. The van der Waals surface area contributed by atoms with Gasteiger partial charge in [-0.1, -0.05) is 17.7 Å². The predicted octanol–water partition coefficient (Wildman–Crippen LogP) is 3.50. The zero-order valence-corrected chi connectivity index (χ0v) is 11.3. The fraction of sp³-hybridized carbons (Fsp3) is 0.231. The Morgan fingerprint density at radius 3 is 2.53 bits per heavy atom. The van der Waals surface area contributed by atoms with Gasteiger partial charge in [0.2, 0.25) is 0 Å². The quantitative estimate of drug-likeness (QED) is 0.909. The number of benzene rings is 1. The third-order valence-electron chi connectivity index (χ3n) is 2.88. The summed E-state index contributed by atoms with van der Waals surface area (Å²) in [6, 6.07) is 7.04. The first-order valence-corrected chi connectivity index (χ1v) is 6.37. The summed E-state index contributed by atoms with van der Waals surface area (Å²) in [5.74, 6) is -0.656. The van der Waals surface area contributed by atoms with Crippen molar-refractivity contribution in [1.82, 2.24) is 0 Å². The molecular weight excluding hydrogens is 292 g/mol. The molecule has 0 fully saturated rings. The summed E-state index contributed by atoms with van der Waals surface area (Å²) in [5, 5.41) is 10.6. The van der Waals surface area contributed by atoms with Crippen molar-refractivity contribution in [3.63, 3.8) is 0 Å². The van der Waals surface area contributed by atoms with Gasteiger partial charge in [0.25, 0.3) is 0 Å². The second-order valence-electron chi connectivity index (χ2n) is 4.09. The van der Waals surface area contributed by atoms with Crippen LogP contribution < -0.4 is 5.73 Å². The maximum absolute atomic E-state index is 13.0. The molecule has 102 valence electrons. The highest BCUT2D eigenvalue weighted by atomic mass is 35.5. The van der Waals surface area contributed by atoms with E-state index in [0.29, 0.717) is 11.3 Å². The molecule has 0 aliphatic rings. The number of rotatable bonds is 4. The zero-order chi connectivity index (χ0) is 14.0. The van der Waals surface area contributed by atoms with Gasteiger partial charge in [-0.2, -0.15) is 0 Å². The minimum absolute atomic E-state index is 0.130. The predicted molar refractivity (Wildman–Crippen MR) is 71.9 cm³/mol. The van der Waals surface area contributed by atoms with Gasteiger partial charge in [-0.15, -0.1) is 0 Å². The number of aliphatic hydroxyl groups is 1. The molecule has 0 radical (unpaired) electrons. The summed E-state index contributed by atoms with van der Waals surface area (Å²) in [5.41, 5.74) is 6.23. The van der Waals surface area contributed by atoms with Gasteiger partial charge in [-0.25, -0.2) is 4.39 Å². The second kappa shape index (κ2) is 5.92. The molecule has 0 aliphatic heterocycles. The second-order valence-corrected chi connectivity index (χ2v) is 4.87. The molecule has 2 atom stereocenters. The monoisotopic (exact) mass is 303 g/mol. The van der Waals surface area contributed by atoms with Crippen LogP contribution in [0.2, 0.25) is 10.2 Å². The third-order valence-corrected chi connectivity index (χ3v) is 3.41. The first-order valence-electron chi connectivity index (χ1n) is 5.61. The molecule has 0 amide bonds. The van der Waals surface area contributed by atoms with Gasteiger partial charge >= 0.3 is 0 Å². The fourth-order valence-electron chi connectivity index (χ4n) is 1.91. The van der Waals surface area contributed by atoms with Crippen LogP contribution in [-0.2, 0) is 0 Å². The molecule has 0 aliphatic carbocycles. The zero-order valence-electron chi connectivity index (χ0n) is 9.82. The molecule has 2 aromatic rings. The van der Waals surface area contributed by atoms with E-state index < -0.39 is 17.8 Å². The van der Waals surface area contributed by atoms with Crippen molar-refractivity contribution in [3.05, 3.63) is 57.7 Å². The Morgan fingerprint density at radius 1 is 1.26 bits per heavy atom. The van der Waals surface area contributed by atoms with Crippen molar-refractivity contribution < 1.29 is 13.9 Å². The minimum Gasteiger partial charge on any atom is -0.447 e. The molecule has 0 bridgehead atoms. The van der Waals surface area contributed by atoms with Crippen molar-refractivity contribution >= 4 is 23.2 Å². The molecule has 0 saturated heterocycles. The van der Waals surface area contributed by atoms with E-state index in [1.807, 2.05) is 0 Å². The lowest BCUT2D eigenvalue weighted by Gasteiger charge is -2.21. The molecule has 2 unspecified atom stereocenters. The number of aliphatic hydroxyl groups excluding tert-OH is 1. The fourth-order valence-corrected chi connectivity index (χ4v) is 2.37. The van der Waals surface area contributed by atoms with Crippen molar-refractivity contribution in [3.8, 4) is 0 Å². The highest BCUT2D eigenvalue weighted by Gasteiger charge is 2.26. The van der Waals surface area contributed by atoms with Gasteiger partial charge in [0, 0.05) is 17.5 Å². The Morgan fingerprint density at radius 2 is 2.00 bits per heavy atom. The molecule has 0 spiro atoms. The van der Waals surface area contributed by atoms with Crippen molar-refractivity contribution in [1.29, 1.82) is 0 Å². The van der Waals surface area contributed by atoms with Gasteiger partial charge in [-0.3, -0.25) is 0 Å². The number of furan rings is 1. The van der Waals surface area contributed by atoms with Crippen LogP contribution in [0.3, 0.4) is 0 Å². The largest absolute Gasteiger partial charge is 0.447 e. The molecule has 1 aromatic carbocycles. The summed E-state index contributed by atoms with van der Waals surface area (Å²) in [6.45, 7) is 0.130. The van der Waals surface area contributed by atoms with Gasteiger partial charge < -0.3 is 15.3 Å². The van der Waals surface area contributed by atoms with Crippen LogP contribution in [0, 0.1) is 5.82 Å².